The lowest BCUT2D eigenvalue weighted by Gasteiger charge is -2.13. The molecule has 0 radical (unpaired) electrons. The number of nitrogens with one attached hydrogen (secondary N) is 1. The summed E-state index contributed by atoms with van der Waals surface area (Å²) in [6.07, 6.45) is 0. The molecule has 0 spiro atoms. The van der Waals surface area contributed by atoms with Gasteiger partial charge in [-0.1, -0.05) is 29.3 Å². The van der Waals surface area contributed by atoms with Gasteiger partial charge < -0.3 is 10.5 Å². The zero-order chi connectivity index (χ0) is 20.5. The van der Waals surface area contributed by atoms with Crippen molar-refractivity contribution < 1.29 is 8.78 Å². The van der Waals surface area contributed by atoms with Crippen LogP contribution in [0, 0.1) is 11.6 Å². The van der Waals surface area contributed by atoms with Gasteiger partial charge in [0, 0.05) is 15.3 Å². The summed E-state index contributed by atoms with van der Waals surface area (Å²) in [5, 5.41) is 1.70. The SMILES string of the molecule is Nc1ccc2cc(-c3c(F)ccc(NSc4cc(Cl)ccc4Cl)c3F)ccc2n1. The largest absolute Gasteiger partial charge is 0.384 e. The summed E-state index contributed by atoms with van der Waals surface area (Å²) in [6, 6.07) is 15.9. The highest BCUT2D eigenvalue weighted by Crippen LogP contribution is 2.36. The minimum Gasteiger partial charge on any atom is -0.384 e. The summed E-state index contributed by atoms with van der Waals surface area (Å²) in [6.45, 7) is 0. The summed E-state index contributed by atoms with van der Waals surface area (Å²) in [5.74, 6) is -0.995. The van der Waals surface area contributed by atoms with E-state index >= 15 is 4.39 Å². The summed E-state index contributed by atoms with van der Waals surface area (Å²) >= 11 is 13.2. The molecule has 0 unspecified atom stereocenters. The molecule has 0 aliphatic rings. The molecule has 4 aromatic rings. The third kappa shape index (κ3) is 4.10. The fourth-order valence-electron chi connectivity index (χ4n) is 2.86. The van der Waals surface area contributed by atoms with Crippen LogP contribution in [0.2, 0.25) is 10.0 Å². The van der Waals surface area contributed by atoms with E-state index in [0.29, 0.717) is 31.8 Å². The highest BCUT2D eigenvalue weighted by atomic mass is 35.5. The van der Waals surface area contributed by atoms with Crippen molar-refractivity contribution in [3.63, 3.8) is 0 Å². The second kappa shape index (κ2) is 8.06. The van der Waals surface area contributed by atoms with Gasteiger partial charge in [0.1, 0.15) is 11.6 Å². The van der Waals surface area contributed by atoms with Crippen LogP contribution < -0.4 is 10.5 Å². The van der Waals surface area contributed by atoms with Crippen LogP contribution in [0.5, 0.6) is 0 Å². The van der Waals surface area contributed by atoms with Crippen molar-refractivity contribution in [3.05, 3.63) is 82.3 Å². The smallest absolute Gasteiger partial charge is 0.157 e. The fourth-order valence-corrected chi connectivity index (χ4v) is 4.06. The van der Waals surface area contributed by atoms with Crippen LogP contribution in [-0.4, -0.2) is 4.98 Å². The summed E-state index contributed by atoms with van der Waals surface area (Å²) < 4.78 is 32.5. The standard InChI is InChI=1S/C21H13Cl2F2N3S/c22-13-3-4-14(23)18(10-13)29-28-17-7-5-15(24)20(21(17)25)12-1-6-16-11(9-12)2-8-19(26)27-16/h1-10,28H,(H2,26,27). The predicted molar refractivity (Wildman–Crippen MR) is 117 cm³/mol. The van der Waals surface area contributed by atoms with E-state index < -0.39 is 11.6 Å². The number of halogens is 4. The van der Waals surface area contributed by atoms with Crippen LogP contribution in [0.3, 0.4) is 0 Å². The average Bonchev–Trinajstić information content (AvgIpc) is 2.70. The Morgan fingerprint density at radius 2 is 1.76 bits per heavy atom. The molecule has 0 saturated carbocycles. The van der Waals surface area contributed by atoms with Crippen molar-refractivity contribution in [1.29, 1.82) is 0 Å². The Morgan fingerprint density at radius 3 is 2.59 bits per heavy atom. The maximum absolute atomic E-state index is 15.2. The molecule has 0 aliphatic heterocycles. The number of benzene rings is 3. The van der Waals surface area contributed by atoms with Gasteiger partial charge in [0.2, 0.25) is 0 Å². The quantitative estimate of drug-likeness (QED) is 0.325. The molecule has 29 heavy (non-hydrogen) atoms. The van der Waals surface area contributed by atoms with Crippen LogP contribution in [0.1, 0.15) is 0 Å². The van der Waals surface area contributed by atoms with E-state index in [1.807, 2.05) is 0 Å². The Kier molecular flexibility index (Phi) is 5.50. The lowest BCUT2D eigenvalue weighted by molar-refractivity contribution is 0.592. The first-order valence-electron chi connectivity index (χ1n) is 8.45. The predicted octanol–water partition coefficient (Wildman–Crippen LogP) is 7.19. The van der Waals surface area contributed by atoms with Gasteiger partial charge >= 0.3 is 0 Å². The Bertz CT molecular complexity index is 1230. The average molecular weight is 448 g/mol. The van der Waals surface area contributed by atoms with Gasteiger partial charge in [-0.15, -0.1) is 0 Å². The van der Waals surface area contributed by atoms with E-state index in [1.165, 1.54) is 12.1 Å². The van der Waals surface area contributed by atoms with E-state index in [9.17, 15) is 4.39 Å². The number of aromatic nitrogens is 1. The fraction of sp³-hybridized carbons (Fsp3) is 0. The third-order valence-electron chi connectivity index (χ3n) is 4.25. The summed E-state index contributed by atoms with van der Waals surface area (Å²) in [7, 11) is 0. The molecule has 3 aromatic carbocycles. The Morgan fingerprint density at radius 1 is 0.931 bits per heavy atom. The molecule has 1 aromatic heterocycles. The first-order valence-corrected chi connectivity index (χ1v) is 10.0. The number of rotatable bonds is 4. The van der Waals surface area contributed by atoms with Gasteiger partial charge in [0.05, 0.1) is 21.8 Å². The van der Waals surface area contributed by atoms with Crippen molar-refractivity contribution >= 4 is 57.6 Å². The van der Waals surface area contributed by atoms with Gasteiger partial charge in [0.15, 0.2) is 5.82 Å². The molecule has 3 nitrogen and oxygen atoms in total. The van der Waals surface area contributed by atoms with Crippen LogP contribution in [0.25, 0.3) is 22.0 Å². The van der Waals surface area contributed by atoms with E-state index in [-0.39, 0.29) is 11.3 Å². The number of nitrogens with two attached hydrogens (primary N) is 1. The number of anilines is 2. The zero-order valence-electron chi connectivity index (χ0n) is 14.7. The van der Waals surface area contributed by atoms with E-state index in [2.05, 4.69) is 9.71 Å². The first-order chi connectivity index (χ1) is 13.9. The van der Waals surface area contributed by atoms with Crippen LogP contribution >= 0.6 is 35.1 Å². The molecule has 0 amide bonds. The molecule has 8 heteroatoms. The van der Waals surface area contributed by atoms with Gasteiger partial charge in [0.25, 0.3) is 0 Å². The second-order valence-electron chi connectivity index (χ2n) is 6.21. The van der Waals surface area contributed by atoms with Gasteiger partial charge in [-0.25, -0.2) is 13.8 Å². The molecule has 0 fully saturated rings. The van der Waals surface area contributed by atoms with E-state index in [0.717, 1.165) is 17.3 Å². The number of hydrogen-bond donors (Lipinski definition) is 2. The second-order valence-corrected chi connectivity index (χ2v) is 7.90. The number of hydrogen-bond acceptors (Lipinski definition) is 4. The van der Waals surface area contributed by atoms with Gasteiger partial charge in [-0.3, -0.25) is 0 Å². The minimum absolute atomic E-state index is 0.123. The Labute approximate surface area is 180 Å². The Hall–Kier alpha value is -2.54. The molecule has 1 heterocycles. The number of nitrogens with zero attached hydrogens (tertiary/aromatic N) is 1. The maximum Gasteiger partial charge on any atom is 0.157 e. The zero-order valence-corrected chi connectivity index (χ0v) is 17.0. The van der Waals surface area contributed by atoms with Crippen molar-refractivity contribution in [2.24, 2.45) is 0 Å². The third-order valence-corrected chi connectivity index (χ3v) is 5.81. The highest BCUT2D eigenvalue weighted by molar-refractivity contribution is 8.00. The lowest BCUT2D eigenvalue weighted by Crippen LogP contribution is -1.97. The first kappa shape index (κ1) is 19.8. The van der Waals surface area contributed by atoms with E-state index in [4.69, 9.17) is 28.9 Å². The molecule has 146 valence electrons. The number of fused-ring (bicyclic) bond motifs is 1. The van der Waals surface area contributed by atoms with Crippen LogP contribution in [0.15, 0.2) is 65.6 Å². The van der Waals surface area contributed by atoms with Gasteiger partial charge in [-0.05, 0) is 72.1 Å². The summed E-state index contributed by atoms with van der Waals surface area (Å²) in [5.41, 5.74) is 6.72. The monoisotopic (exact) mass is 447 g/mol. The summed E-state index contributed by atoms with van der Waals surface area (Å²) in [4.78, 5) is 4.83. The lowest BCUT2D eigenvalue weighted by atomic mass is 10.0. The van der Waals surface area contributed by atoms with Crippen LogP contribution in [-0.2, 0) is 0 Å². The normalized spacial score (nSPS) is 11.0. The van der Waals surface area contributed by atoms with Crippen molar-refractivity contribution in [2.75, 3.05) is 10.5 Å². The molecule has 4 rings (SSSR count). The van der Waals surface area contributed by atoms with Crippen LogP contribution in [0.4, 0.5) is 20.3 Å². The Balaban J connectivity index is 1.70. The van der Waals surface area contributed by atoms with Crippen molar-refractivity contribution in [3.8, 4) is 11.1 Å². The van der Waals surface area contributed by atoms with Crippen molar-refractivity contribution in [2.45, 2.75) is 4.90 Å². The molecular formula is C21H13Cl2F2N3S. The highest BCUT2D eigenvalue weighted by Gasteiger charge is 2.17. The molecule has 0 atom stereocenters. The topological polar surface area (TPSA) is 50.9 Å². The van der Waals surface area contributed by atoms with Gasteiger partial charge in [-0.2, -0.15) is 0 Å². The molecule has 0 aliphatic carbocycles. The van der Waals surface area contributed by atoms with E-state index in [1.54, 1.807) is 48.5 Å². The number of pyridine rings is 1. The minimum atomic E-state index is -0.710. The number of nitrogen functional groups attached to an aromatic ring is 1. The molecular weight excluding hydrogens is 435 g/mol. The molecule has 0 bridgehead atoms. The molecule has 0 saturated heterocycles. The van der Waals surface area contributed by atoms with Crippen molar-refractivity contribution in [1.82, 2.24) is 4.98 Å². The molecule has 3 N–H and O–H groups in total. The maximum atomic E-state index is 15.2.